The molecule has 0 heterocycles. The summed E-state index contributed by atoms with van der Waals surface area (Å²) in [4.78, 5) is 12.3. The molecule has 1 amide bonds. The van der Waals surface area contributed by atoms with Crippen molar-refractivity contribution in [2.45, 2.75) is 139 Å². The fourth-order valence-corrected chi connectivity index (χ4v) is 9.97. The van der Waals surface area contributed by atoms with Gasteiger partial charge in [-0.1, -0.05) is 57.9 Å². The highest BCUT2D eigenvalue weighted by atomic mass is 19.4. The number of hydrogen-bond acceptors (Lipinski definition) is 4. The van der Waals surface area contributed by atoms with Gasteiger partial charge in [-0.2, -0.15) is 30.7 Å². The van der Waals surface area contributed by atoms with Gasteiger partial charge in [0.25, 0.3) is 0 Å². The predicted octanol–water partition coefficient (Wildman–Crippen LogP) is 8.91. The van der Waals surface area contributed by atoms with E-state index >= 15 is 0 Å². The molecule has 48 heavy (non-hydrogen) atoms. The van der Waals surface area contributed by atoms with Crippen molar-refractivity contribution in [3.8, 4) is 5.75 Å². The molecule has 0 bridgehead atoms. The largest absolute Gasteiger partial charge is 0.508 e. The number of phenolic OH excluding ortho intramolecular Hbond substituents is 1. The van der Waals surface area contributed by atoms with Crippen LogP contribution in [0.2, 0.25) is 0 Å². The van der Waals surface area contributed by atoms with E-state index in [-0.39, 0.29) is 45.8 Å². The van der Waals surface area contributed by atoms with E-state index in [2.05, 4.69) is 6.92 Å². The minimum absolute atomic E-state index is 0.0274. The predicted molar refractivity (Wildman–Crippen MR) is 166 cm³/mol. The summed E-state index contributed by atoms with van der Waals surface area (Å²) in [6, 6.07) is 5.41. The van der Waals surface area contributed by atoms with Gasteiger partial charge in [-0.25, -0.2) is 0 Å². The van der Waals surface area contributed by atoms with Crippen LogP contribution in [0.15, 0.2) is 18.2 Å². The number of rotatable bonds is 14. The van der Waals surface area contributed by atoms with Crippen LogP contribution in [0.1, 0.15) is 126 Å². The van der Waals surface area contributed by atoms with Crippen LogP contribution >= 0.6 is 0 Å². The molecule has 0 saturated heterocycles. The number of unbranched alkanes of at least 4 members (excludes halogenated alkanes) is 7. The van der Waals surface area contributed by atoms with Gasteiger partial charge in [-0.05, 0) is 97.3 Å². The van der Waals surface area contributed by atoms with Gasteiger partial charge in [-0.15, -0.1) is 0 Å². The second kappa shape index (κ2) is 13.6. The summed E-state index contributed by atoms with van der Waals surface area (Å²) >= 11 is 0. The summed E-state index contributed by atoms with van der Waals surface area (Å²) in [5, 5.41) is 33.1. The lowest BCUT2D eigenvalue weighted by Crippen LogP contribution is -2.57. The first-order chi connectivity index (χ1) is 22.4. The number of phenols is 1. The smallest absolute Gasteiger partial charge is 0.459 e. The SMILES string of the molecule is CN(CC(F)(F)C(F)(F)C(F)(F)F)C(=O)CCCCCCCCCCC1C2C(CC[C@@]3(C)C2C[C@@H](O)C32CC2)c2ccc(O)cc2[C@H]1O. The lowest BCUT2D eigenvalue weighted by molar-refractivity contribution is -0.355. The van der Waals surface area contributed by atoms with E-state index < -0.39 is 36.6 Å². The monoisotopic (exact) mass is 693 g/mol. The van der Waals surface area contributed by atoms with Crippen molar-refractivity contribution in [3.63, 3.8) is 0 Å². The molecule has 5 rings (SSSR count). The second-order valence-corrected chi connectivity index (χ2v) is 15.5. The van der Waals surface area contributed by atoms with Crippen molar-refractivity contribution in [2.75, 3.05) is 13.6 Å². The maximum absolute atomic E-state index is 13.6. The Morgan fingerprint density at radius 3 is 2.10 bits per heavy atom. The minimum atomic E-state index is -6.42. The zero-order valence-electron chi connectivity index (χ0n) is 27.9. The Morgan fingerprint density at radius 2 is 1.50 bits per heavy atom. The van der Waals surface area contributed by atoms with Crippen molar-refractivity contribution >= 4 is 5.91 Å². The highest BCUT2D eigenvalue weighted by Crippen LogP contribution is 2.76. The summed E-state index contributed by atoms with van der Waals surface area (Å²) in [6.07, 6.45) is 4.71. The fraction of sp³-hybridized carbons (Fsp3) is 0.806. The molecule has 3 saturated carbocycles. The molecule has 1 aromatic rings. The first-order valence-electron chi connectivity index (χ1n) is 17.6. The van der Waals surface area contributed by atoms with E-state index in [9.17, 15) is 50.8 Å². The summed E-state index contributed by atoms with van der Waals surface area (Å²) in [7, 11) is 0.797. The summed E-state index contributed by atoms with van der Waals surface area (Å²) in [5.41, 5.74) is 2.08. The van der Waals surface area contributed by atoms with Crippen LogP contribution in [0.4, 0.5) is 30.7 Å². The standard InChI is InChI=1S/C36H50F7NO4/c1-32-16-15-24-23-14-13-22(45)19-26(23)31(48)25(30(24)27(32)20-28(46)33(32)17-18-33)11-9-7-5-3-4-6-8-10-12-29(47)44(2)21-34(37,38)35(39,40)36(41,42)43/h13-14,19,24-25,27-28,30-31,45-46,48H,3-12,15-18,20-21H2,1-2H3/t24?,25?,27?,28-,30?,31+,32+/m1/s1. The molecule has 1 spiro atoms. The molecule has 3 fully saturated rings. The van der Waals surface area contributed by atoms with Crippen LogP contribution in [0, 0.1) is 28.6 Å². The molecule has 0 aromatic heterocycles. The first kappa shape index (κ1) is 37.2. The van der Waals surface area contributed by atoms with Gasteiger partial charge in [0.2, 0.25) is 5.91 Å². The van der Waals surface area contributed by atoms with E-state index in [1.165, 1.54) is 0 Å². The molecular weight excluding hydrogens is 643 g/mol. The highest BCUT2D eigenvalue weighted by Gasteiger charge is 2.73. The average molecular weight is 694 g/mol. The highest BCUT2D eigenvalue weighted by molar-refractivity contribution is 5.75. The molecule has 1 aromatic carbocycles. The van der Waals surface area contributed by atoms with Crippen LogP contribution < -0.4 is 0 Å². The number of fused-ring (bicyclic) bond motifs is 6. The molecule has 5 nitrogen and oxygen atoms in total. The Hall–Kier alpha value is -2.08. The van der Waals surface area contributed by atoms with Crippen LogP contribution in [-0.4, -0.2) is 63.8 Å². The summed E-state index contributed by atoms with van der Waals surface area (Å²) in [6.45, 7) is 0.356. The van der Waals surface area contributed by atoms with Crippen molar-refractivity contribution in [2.24, 2.45) is 28.6 Å². The van der Waals surface area contributed by atoms with Crippen molar-refractivity contribution in [1.82, 2.24) is 4.90 Å². The van der Waals surface area contributed by atoms with E-state index in [0.29, 0.717) is 24.7 Å². The zero-order valence-corrected chi connectivity index (χ0v) is 27.9. The average Bonchev–Trinajstić information content (AvgIpc) is 3.79. The Morgan fingerprint density at radius 1 is 0.896 bits per heavy atom. The molecule has 7 atom stereocenters. The Kier molecular flexibility index (Phi) is 10.5. The molecule has 272 valence electrons. The maximum Gasteiger partial charge on any atom is 0.459 e. The van der Waals surface area contributed by atoms with Gasteiger partial charge in [0.15, 0.2) is 0 Å². The molecule has 4 aliphatic carbocycles. The number of amides is 1. The van der Waals surface area contributed by atoms with Gasteiger partial charge in [-0.3, -0.25) is 4.79 Å². The molecular formula is C36H50F7NO4. The molecule has 3 N–H and O–H groups in total. The van der Waals surface area contributed by atoms with Crippen molar-refractivity contribution < 1.29 is 50.8 Å². The maximum atomic E-state index is 13.6. The normalized spacial score (nSPS) is 30.9. The third kappa shape index (κ3) is 6.58. The van der Waals surface area contributed by atoms with Crippen LogP contribution in [0.25, 0.3) is 0 Å². The first-order valence-corrected chi connectivity index (χ1v) is 17.6. The van der Waals surface area contributed by atoms with Crippen LogP contribution in [-0.2, 0) is 4.79 Å². The zero-order chi connectivity index (χ0) is 35.3. The molecule has 0 radical (unpaired) electrons. The minimum Gasteiger partial charge on any atom is -0.508 e. The Bertz CT molecular complexity index is 1300. The Balaban J connectivity index is 1.05. The topological polar surface area (TPSA) is 81.0 Å². The number of halogens is 7. The lowest BCUT2D eigenvalue weighted by atomic mass is 9.50. The summed E-state index contributed by atoms with van der Waals surface area (Å²) in [5.74, 6) is -11.5. The number of benzene rings is 1. The van der Waals surface area contributed by atoms with E-state index in [4.69, 9.17) is 0 Å². The van der Waals surface area contributed by atoms with Gasteiger partial charge in [0.05, 0.1) is 18.8 Å². The third-order valence-corrected chi connectivity index (χ3v) is 12.8. The Labute approximate surface area is 278 Å². The van der Waals surface area contributed by atoms with Crippen LogP contribution in [0.3, 0.4) is 0 Å². The van der Waals surface area contributed by atoms with Gasteiger partial charge >= 0.3 is 18.0 Å². The van der Waals surface area contributed by atoms with Crippen molar-refractivity contribution in [1.29, 1.82) is 0 Å². The quantitative estimate of drug-likeness (QED) is 0.134. The van der Waals surface area contributed by atoms with Gasteiger partial charge in [0, 0.05) is 18.9 Å². The number of aliphatic hydroxyl groups is 2. The number of alkyl halides is 7. The van der Waals surface area contributed by atoms with E-state index in [1.807, 2.05) is 6.07 Å². The van der Waals surface area contributed by atoms with Gasteiger partial charge < -0.3 is 20.2 Å². The summed E-state index contributed by atoms with van der Waals surface area (Å²) < 4.78 is 90.6. The molecule has 0 aliphatic heterocycles. The number of hydrogen-bond donors (Lipinski definition) is 3. The van der Waals surface area contributed by atoms with E-state index in [1.54, 1.807) is 12.1 Å². The lowest BCUT2D eigenvalue weighted by Gasteiger charge is -2.55. The molecule has 4 aliphatic rings. The number of nitrogens with zero attached hydrogens (tertiary/aromatic N) is 1. The van der Waals surface area contributed by atoms with Crippen molar-refractivity contribution in [3.05, 3.63) is 29.3 Å². The van der Waals surface area contributed by atoms with Gasteiger partial charge in [0.1, 0.15) is 5.75 Å². The second-order valence-electron chi connectivity index (χ2n) is 15.5. The van der Waals surface area contributed by atoms with Crippen LogP contribution in [0.5, 0.6) is 5.75 Å². The number of carbonyl (C=O) groups is 1. The fourth-order valence-electron chi connectivity index (χ4n) is 9.97. The molecule has 12 heteroatoms. The number of aromatic hydroxyl groups is 1. The number of aliphatic hydroxyl groups excluding tert-OH is 2. The number of carbonyl (C=O) groups excluding carboxylic acids is 1. The third-order valence-electron chi connectivity index (χ3n) is 12.8. The van der Waals surface area contributed by atoms with E-state index in [0.717, 1.165) is 95.2 Å². The molecule has 4 unspecified atom stereocenters.